The Kier molecular flexibility index (Phi) is 6.06. The van der Waals surface area contributed by atoms with Crippen molar-refractivity contribution in [3.05, 3.63) is 63.5 Å². The summed E-state index contributed by atoms with van der Waals surface area (Å²) in [4.78, 5) is 20.6. The van der Waals surface area contributed by atoms with Crippen LogP contribution in [-0.4, -0.2) is 45.3 Å². The second kappa shape index (κ2) is 8.39. The number of H-pyrrole nitrogens is 1. The average molecular weight is 423 g/mol. The first-order chi connectivity index (χ1) is 14.1. The molecular formula is C20H21F4N5O. The van der Waals surface area contributed by atoms with E-state index in [1.807, 2.05) is 19.0 Å². The number of alkyl halides is 3. The third-order valence-electron chi connectivity index (χ3n) is 4.51. The van der Waals surface area contributed by atoms with Gasteiger partial charge in [0.25, 0.3) is 5.56 Å². The summed E-state index contributed by atoms with van der Waals surface area (Å²) >= 11 is 0. The maximum absolute atomic E-state index is 13.9. The van der Waals surface area contributed by atoms with E-state index in [0.29, 0.717) is 29.6 Å². The zero-order chi connectivity index (χ0) is 22.1. The summed E-state index contributed by atoms with van der Waals surface area (Å²) in [6.07, 6.45) is -3.50. The molecule has 0 saturated heterocycles. The topological polar surface area (TPSA) is 66.8 Å². The summed E-state index contributed by atoms with van der Waals surface area (Å²) in [6, 6.07) is 5.96. The number of aryl methyl sites for hydroxylation is 2. The molecule has 0 amide bonds. The largest absolute Gasteiger partial charge is 0.421 e. The van der Waals surface area contributed by atoms with Crippen molar-refractivity contribution < 1.29 is 17.6 Å². The normalized spacial score (nSPS) is 12.0. The minimum absolute atomic E-state index is 0.0584. The summed E-state index contributed by atoms with van der Waals surface area (Å²) < 4.78 is 54.0. The standard InChI is InChI=1S/C20H21F4N5O/c1-12-6-7-13(21)11-16(12)29-18(26-17(27-29)5-4-10-28(2)3)15-9-8-14(19(30)25-15)20(22,23)24/h6-9,11H,4-5,10H2,1-3H3,(H,25,30). The molecule has 3 aromatic rings. The molecule has 0 aliphatic heterocycles. The Balaban J connectivity index is 2.10. The van der Waals surface area contributed by atoms with E-state index < -0.39 is 23.1 Å². The Hall–Kier alpha value is -3.01. The molecule has 1 N–H and O–H groups in total. The first-order valence-electron chi connectivity index (χ1n) is 9.24. The van der Waals surface area contributed by atoms with Crippen molar-refractivity contribution >= 4 is 0 Å². The van der Waals surface area contributed by atoms with Gasteiger partial charge in [-0.25, -0.2) is 14.1 Å². The average Bonchev–Trinajstić information content (AvgIpc) is 3.06. The fourth-order valence-electron chi connectivity index (χ4n) is 2.99. The summed E-state index contributed by atoms with van der Waals surface area (Å²) in [5.41, 5.74) is -1.44. The van der Waals surface area contributed by atoms with Gasteiger partial charge in [0.2, 0.25) is 0 Å². The van der Waals surface area contributed by atoms with Gasteiger partial charge in [-0.05, 0) is 63.8 Å². The van der Waals surface area contributed by atoms with E-state index in [1.54, 1.807) is 13.0 Å². The number of aromatic nitrogens is 4. The molecule has 3 rings (SSSR count). The molecule has 1 aromatic carbocycles. The molecule has 10 heteroatoms. The van der Waals surface area contributed by atoms with Gasteiger partial charge in [-0.1, -0.05) is 6.07 Å². The molecule has 6 nitrogen and oxygen atoms in total. The Bertz CT molecular complexity index is 1100. The quantitative estimate of drug-likeness (QED) is 0.616. The monoisotopic (exact) mass is 423 g/mol. The Morgan fingerprint density at radius 3 is 2.53 bits per heavy atom. The van der Waals surface area contributed by atoms with Crippen molar-refractivity contribution in [1.29, 1.82) is 0 Å². The lowest BCUT2D eigenvalue weighted by atomic mass is 10.2. The van der Waals surface area contributed by atoms with Crippen LogP contribution in [-0.2, 0) is 12.6 Å². The maximum Gasteiger partial charge on any atom is 0.421 e. The van der Waals surface area contributed by atoms with Crippen LogP contribution in [0, 0.1) is 12.7 Å². The predicted molar refractivity (Wildman–Crippen MR) is 104 cm³/mol. The highest BCUT2D eigenvalue weighted by Crippen LogP contribution is 2.28. The lowest BCUT2D eigenvalue weighted by Crippen LogP contribution is -2.21. The van der Waals surface area contributed by atoms with E-state index in [2.05, 4.69) is 15.1 Å². The fraction of sp³-hybridized carbons (Fsp3) is 0.350. The molecule has 2 aromatic heterocycles. The SMILES string of the molecule is Cc1ccc(F)cc1-n1nc(CCCN(C)C)nc1-c1ccc(C(F)(F)F)c(=O)[nH]1. The minimum atomic E-state index is -4.77. The lowest BCUT2D eigenvalue weighted by Gasteiger charge is -2.10. The molecule has 0 saturated carbocycles. The Labute approximate surface area is 170 Å². The van der Waals surface area contributed by atoms with E-state index in [4.69, 9.17) is 0 Å². The molecule has 30 heavy (non-hydrogen) atoms. The second-order valence-corrected chi connectivity index (χ2v) is 7.21. The van der Waals surface area contributed by atoms with E-state index in [0.717, 1.165) is 19.0 Å². The molecule has 0 aliphatic carbocycles. The van der Waals surface area contributed by atoms with E-state index in [9.17, 15) is 22.4 Å². The molecule has 0 aliphatic rings. The van der Waals surface area contributed by atoms with Gasteiger partial charge in [-0.2, -0.15) is 18.3 Å². The van der Waals surface area contributed by atoms with Crippen LogP contribution in [0.3, 0.4) is 0 Å². The highest BCUT2D eigenvalue weighted by Gasteiger charge is 2.34. The second-order valence-electron chi connectivity index (χ2n) is 7.21. The maximum atomic E-state index is 13.9. The molecule has 0 bridgehead atoms. The predicted octanol–water partition coefficient (Wildman–Crippen LogP) is 3.58. The van der Waals surface area contributed by atoms with Crippen molar-refractivity contribution in [2.45, 2.75) is 25.9 Å². The van der Waals surface area contributed by atoms with Crippen LogP contribution >= 0.6 is 0 Å². The first-order valence-corrected chi connectivity index (χ1v) is 9.24. The van der Waals surface area contributed by atoms with Gasteiger partial charge in [0, 0.05) is 6.42 Å². The Morgan fingerprint density at radius 1 is 1.17 bits per heavy atom. The zero-order valence-electron chi connectivity index (χ0n) is 16.7. The number of aromatic amines is 1. The van der Waals surface area contributed by atoms with Gasteiger partial charge < -0.3 is 9.88 Å². The summed E-state index contributed by atoms with van der Waals surface area (Å²) in [6.45, 7) is 2.54. The summed E-state index contributed by atoms with van der Waals surface area (Å²) in [5.74, 6) is 0.0813. The van der Waals surface area contributed by atoms with Gasteiger partial charge in [0.1, 0.15) is 11.4 Å². The van der Waals surface area contributed by atoms with Gasteiger partial charge in [0.15, 0.2) is 11.6 Å². The van der Waals surface area contributed by atoms with Crippen LogP contribution in [0.25, 0.3) is 17.2 Å². The number of hydrogen-bond acceptors (Lipinski definition) is 4. The van der Waals surface area contributed by atoms with Crippen molar-refractivity contribution in [3.63, 3.8) is 0 Å². The van der Waals surface area contributed by atoms with Gasteiger partial charge in [-0.3, -0.25) is 4.79 Å². The molecular weight excluding hydrogens is 402 g/mol. The zero-order valence-corrected chi connectivity index (χ0v) is 16.7. The minimum Gasteiger partial charge on any atom is -0.319 e. The van der Waals surface area contributed by atoms with Crippen LogP contribution in [0.1, 0.15) is 23.4 Å². The Morgan fingerprint density at radius 2 is 1.90 bits per heavy atom. The van der Waals surface area contributed by atoms with Gasteiger partial charge in [0.05, 0.1) is 11.4 Å². The van der Waals surface area contributed by atoms with Gasteiger partial charge >= 0.3 is 6.18 Å². The summed E-state index contributed by atoms with van der Waals surface area (Å²) in [5, 5.41) is 4.43. The van der Waals surface area contributed by atoms with E-state index in [-0.39, 0.29) is 11.5 Å². The summed E-state index contributed by atoms with van der Waals surface area (Å²) in [7, 11) is 3.86. The van der Waals surface area contributed by atoms with E-state index >= 15 is 0 Å². The van der Waals surface area contributed by atoms with Crippen LogP contribution in [0.15, 0.2) is 35.1 Å². The number of halogens is 4. The molecule has 0 spiro atoms. The molecule has 0 atom stereocenters. The third-order valence-corrected chi connectivity index (χ3v) is 4.51. The molecule has 2 heterocycles. The number of pyridine rings is 1. The van der Waals surface area contributed by atoms with Crippen LogP contribution in [0.5, 0.6) is 0 Å². The van der Waals surface area contributed by atoms with Crippen molar-refractivity contribution in [2.75, 3.05) is 20.6 Å². The highest BCUT2D eigenvalue weighted by atomic mass is 19.4. The molecule has 0 fully saturated rings. The van der Waals surface area contributed by atoms with Crippen LogP contribution < -0.4 is 5.56 Å². The lowest BCUT2D eigenvalue weighted by molar-refractivity contribution is -0.138. The molecule has 0 unspecified atom stereocenters. The molecule has 0 radical (unpaired) electrons. The fourth-order valence-corrected chi connectivity index (χ4v) is 2.99. The van der Waals surface area contributed by atoms with Crippen molar-refractivity contribution in [3.8, 4) is 17.2 Å². The highest BCUT2D eigenvalue weighted by molar-refractivity contribution is 5.55. The smallest absolute Gasteiger partial charge is 0.319 e. The number of nitrogens with one attached hydrogen (secondary N) is 1. The van der Waals surface area contributed by atoms with Crippen molar-refractivity contribution in [2.24, 2.45) is 0 Å². The molecule has 160 valence electrons. The number of benzene rings is 1. The van der Waals surface area contributed by atoms with Crippen LogP contribution in [0.4, 0.5) is 17.6 Å². The van der Waals surface area contributed by atoms with Crippen LogP contribution in [0.2, 0.25) is 0 Å². The third kappa shape index (κ3) is 4.76. The first kappa shape index (κ1) is 21.7. The van der Waals surface area contributed by atoms with Gasteiger partial charge in [-0.15, -0.1) is 0 Å². The van der Waals surface area contributed by atoms with Crippen molar-refractivity contribution in [1.82, 2.24) is 24.6 Å². The number of nitrogens with zero attached hydrogens (tertiary/aromatic N) is 4. The van der Waals surface area contributed by atoms with E-state index in [1.165, 1.54) is 16.8 Å². The number of rotatable bonds is 6. The number of hydrogen-bond donors (Lipinski definition) is 1.